The van der Waals surface area contributed by atoms with E-state index in [1.165, 1.54) is 34.9 Å². The van der Waals surface area contributed by atoms with Crippen LogP contribution in [0.1, 0.15) is 51.8 Å². The van der Waals surface area contributed by atoms with Crippen LogP contribution in [0.5, 0.6) is 40.2 Å². The second-order valence-electron chi connectivity index (χ2n) is 22.8. The number of hydrogen-bond donors (Lipinski definition) is 6. The van der Waals surface area contributed by atoms with Crippen molar-refractivity contribution in [1.29, 1.82) is 0 Å². The summed E-state index contributed by atoms with van der Waals surface area (Å²) in [4.78, 5) is 0. The molecule has 2 saturated heterocycles. The van der Waals surface area contributed by atoms with Crippen LogP contribution in [0, 0.1) is 34.6 Å². The molecule has 7 aromatic carbocycles. The van der Waals surface area contributed by atoms with Crippen LogP contribution in [0.25, 0.3) is 6.08 Å². The topological polar surface area (TPSA) is 306 Å². The van der Waals surface area contributed by atoms with Gasteiger partial charge in [-0.2, -0.15) is 0 Å². The Morgan fingerprint density at radius 1 is 0.454 bits per heavy atom. The molecule has 604 valence electrons. The molecule has 0 aromatic heterocycles. The molecule has 2 unspecified atom stereocenters. The maximum absolute atomic E-state index is 9.28. The van der Waals surface area contributed by atoms with Crippen LogP contribution in [0.15, 0.2) is 164 Å². The first-order valence-corrected chi connectivity index (χ1v) is 34.6. The summed E-state index contributed by atoms with van der Waals surface area (Å²) in [6.07, 6.45) is -2.10. The average molecular weight is 1560 g/mol. The molecule has 0 aliphatic carbocycles. The van der Waals surface area contributed by atoms with E-state index in [9.17, 15) is 15.3 Å². The highest BCUT2D eigenvalue weighted by Gasteiger charge is 2.43. The summed E-state index contributed by atoms with van der Waals surface area (Å²) in [6, 6.07) is 50.6. The van der Waals surface area contributed by atoms with E-state index in [-0.39, 0.29) is 32.6 Å². The first kappa shape index (κ1) is 98.5. The molecule has 7 aromatic rings. The largest absolute Gasteiger partial charge is 0.496 e. The predicted octanol–water partition coefficient (Wildman–Crippen LogP) is 12.2. The first-order chi connectivity index (χ1) is 52.1. The molecule has 9 rings (SSSR count). The molecule has 2 aliphatic heterocycles. The van der Waals surface area contributed by atoms with E-state index in [1.807, 2.05) is 137 Å². The summed E-state index contributed by atoms with van der Waals surface area (Å²) in [6.45, 7) is 12.0. The molecule has 26 nitrogen and oxygen atoms in total. The van der Waals surface area contributed by atoms with Gasteiger partial charge in [0.15, 0.2) is 53.3 Å². The van der Waals surface area contributed by atoms with Crippen LogP contribution >= 0.6 is 23.2 Å². The second-order valence-corrected chi connectivity index (χ2v) is 23.6. The summed E-state index contributed by atoms with van der Waals surface area (Å²) in [5.41, 5.74) is 8.21. The molecule has 108 heavy (non-hydrogen) atoms. The average Bonchev–Trinajstić information content (AvgIpc) is 1.02. The molecule has 0 bridgehead atoms. The van der Waals surface area contributed by atoms with E-state index in [0.29, 0.717) is 62.1 Å². The monoisotopic (exact) mass is 1560 g/mol. The second kappa shape index (κ2) is 62.3. The zero-order valence-electron chi connectivity index (χ0n) is 64.9. The summed E-state index contributed by atoms with van der Waals surface area (Å²) >= 11 is 11.6. The lowest BCUT2D eigenvalue weighted by Gasteiger charge is -2.38. The molecule has 0 radical (unpaired) electrons. The Bertz CT molecular complexity index is 3140. The molecule has 6 N–H and O–H groups in total. The van der Waals surface area contributed by atoms with Crippen LogP contribution in [0.3, 0.4) is 0 Å². The number of aliphatic hydroxyl groups is 6. The summed E-state index contributed by atoms with van der Waals surface area (Å²) < 4.78 is 99.7. The van der Waals surface area contributed by atoms with E-state index < -0.39 is 43.4 Å². The minimum atomic E-state index is -1.36. The van der Waals surface area contributed by atoms with Gasteiger partial charge in [0, 0.05) is 88.1 Å². The van der Waals surface area contributed by atoms with E-state index in [0.717, 1.165) is 52.7 Å². The number of halogens is 2. The third-order valence-corrected chi connectivity index (χ3v) is 15.1. The van der Waals surface area contributed by atoms with Crippen LogP contribution in [0.4, 0.5) is 0 Å². The zero-order valence-corrected chi connectivity index (χ0v) is 66.4. The van der Waals surface area contributed by atoms with E-state index >= 15 is 0 Å². The lowest BCUT2D eigenvalue weighted by molar-refractivity contribution is -0.294. The quantitative estimate of drug-likeness (QED) is 0.0138. The van der Waals surface area contributed by atoms with Gasteiger partial charge in [0.05, 0.1) is 51.4 Å². The fourth-order valence-corrected chi connectivity index (χ4v) is 8.81. The standard InChI is InChI=1S/C11H16O4.C10H14O2.C10H12O2.3C9H12O2.C8H8Cl2O2.C7H14O6.C7H14O4/c1-8-10(13-3)5-9(15-7-12-2)6-11(8)14-4;1-9-3-5-10(6-4-9)7-12-8-11-2;1-11-9-12-8-7-10-5-3-2-4-6-10;3*1-8-3-5-9(6-4-8)11-7-10-2;1-11-5-12-7-4-2-3-6(9)8(7)10;1-12-7-6(11)5(10)4(9)3(2-8)13-7;1-10-7-3-2-6(11-7)5(9)4-8/h5-6H,7H2,1-4H3;3-6H,7-8H2,1-2H3;2-8H,9H2,1H3;3*3-6H,7H2,1-2H3;2-4H,5H2,1H3;3-11H,2H2,1H3;5-9H,2-4H2,1H3/t;;;;;;;3?,4-,5-,6?,7-;5-,6-,7+/m.......10/s1. The summed E-state index contributed by atoms with van der Waals surface area (Å²) in [5.74, 6) is 5.20. The van der Waals surface area contributed by atoms with Gasteiger partial charge in [-0.1, -0.05) is 143 Å². The highest BCUT2D eigenvalue weighted by Crippen LogP contribution is 2.34. The first-order valence-electron chi connectivity index (χ1n) is 33.8. The van der Waals surface area contributed by atoms with Crippen molar-refractivity contribution in [2.45, 2.75) is 103 Å². The minimum Gasteiger partial charge on any atom is -0.496 e. The van der Waals surface area contributed by atoms with Crippen molar-refractivity contribution >= 4 is 29.3 Å². The highest BCUT2D eigenvalue weighted by molar-refractivity contribution is 6.42. The number of rotatable bonds is 30. The van der Waals surface area contributed by atoms with Crippen molar-refractivity contribution in [3.05, 3.63) is 213 Å². The fraction of sp³-hybridized carbons (Fsp3) is 0.450. The van der Waals surface area contributed by atoms with Crippen molar-refractivity contribution in [1.82, 2.24) is 0 Å². The molecule has 0 amide bonds. The maximum Gasteiger partial charge on any atom is 0.188 e. The van der Waals surface area contributed by atoms with Gasteiger partial charge in [0.1, 0.15) is 82.6 Å². The van der Waals surface area contributed by atoms with Gasteiger partial charge in [0.2, 0.25) is 0 Å². The molecule has 2 heterocycles. The van der Waals surface area contributed by atoms with Gasteiger partial charge in [-0.3, -0.25) is 0 Å². The van der Waals surface area contributed by atoms with Crippen molar-refractivity contribution in [2.24, 2.45) is 0 Å². The molecule has 0 saturated carbocycles. The van der Waals surface area contributed by atoms with E-state index in [1.54, 1.807) is 108 Å². The number of aliphatic hydroxyl groups excluding tert-OH is 6. The third-order valence-electron chi connectivity index (χ3n) is 14.3. The van der Waals surface area contributed by atoms with Gasteiger partial charge < -0.3 is 125 Å². The number of hydrogen-bond acceptors (Lipinski definition) is 26. The third kappa shape index (κ3) is 43.7. The number of aryl methyl sites for hydroxylation is 4. The molecule has 8 atom stereocenters. The van der Waals surface area contributed by atoms with Crippen molar-refractivity contribution in [3.8, 4) is 40.2 Å². The highest BCUT2D eigenvalue weighted by atomic mass is 35.5. The van der Waals surface area contributed by atoms with Gasteiger partial charge in [-0.15, -0.1) is 0 Å². The van der Waals surface area contributed by atoms with Gasteiger partial charge in [-0.05, 0) is 107 Å². The van der Waals surface area contributed by atoms with Gasteiger partial charge in [-0.25, -0.2) is 0 Å². The fourth-order valence-electron chi connectivity index (χ4n) is 8.47. The number of benzene rings is 7. The Labute approximate surface area is 647 Å². The lowest BCUT2D eigenvalue weighted by Crippen LogP contribution is -2.58. The van der Waals surface area contributed by atoms with Crippen LogP contribution in [-0.4, -0.2) is 219 Å². The molecule has 28 heteroatoms. The Morgan fingerprint density at radius 2 is 0.898 bits per heavy atom. The molecule has 2 aliphatic rings. The van der Waals surface area contributed by atoms with E-state index in [2.05, 4.69) is 31.2 Å². The Hall–Kier alpha value is -7.46. The molecule has 0 spiro atoms. The predicted molar refractivity (Wildman–Crippen MR) is 412 cm³/mol. The molecule has 2 fully saturated rings. The molecular formula is C80H114Cl2O26. The zero-order chi connectivity index (χ0) is 80.3. The summed E-state index contributed by atoms with van der Waals surface area (Å²) in [5, 5.41) is 55.2. The van der Waals surface area contributed by atoms with Crippen LogP contribution < -0.4 is 33.2 Å². The Morgan fingerprint density at radius 3 is 1.31 bits per heavy atom. The number of methoxy groups -OCH3 is 11. The van der Waals surface area contributed by atoms with Crippen molar-refractivity contribution in [3.63, 3.8) is 0 Å². The maximum atomic E-state index is 9.28. The van der Waals surface area contributed by atoms with Gasteiger partial charge >= 0.3 is 0 Å². The Kier molecular flexibility index (Phi) is 56.9. The SMILES string of the molecule is COCOC=Cc1ccccc1.COCOCc1ccc(C)cc1.COCOc1cc(OC)c(C)c(OC)c1.COCOc1ccc(C)cc1.COCOc1ccc(C)cc1.COCOc1ccc(C)cc1.COCOc1cccc(Cl)c1Cl.CO[C@@H]1OC(CO)[C@@H](O)[C@@H](O)C1O.CO[C@H]1CC[C@@H]([C@@H](O)CO)O1. The van der Waals surface area contributed by atoms with Crippen molar-refractivity contribution < 1.29 is 125 Å². The Balaban J connectivity index is 0.000000608. The van der Waals surface area contributed by atoms with Crippen molar-refractivity contribution in [2.75, 3.05) is 139 Å². The van der Waals surface area contributed by atoms with Crippen LogP contribution in [0.2, 0.25) is 10.0 Å². The minimum absolute atomic E-state index is 0.167. The van der Waals surface area contributed by atoms with Crippen LogP contribution in [-0.2, 0) is 68.2 Å². The normalized spacial score (nSPS) is 16.8. The molecular weight excluding hydrogens is 1450 g/mol. The lowest BCUT2D eigenvalue weighted by atomic mass is 9.99. The summed E-state index contributed by atoms with van der Waals surface area (Å²) in [7, 11) is 17.2. The number of ether oxygens (including phenoxy) is 20. The van der Waals surface area contributed by atoms with E-state index in [4.69, 9.17) is 133 Å². The smallest absolute Gasteiger partial charge is 0.188 e. The van der Waals surface area contributed by atoms with Gasteiger partial charge in [0.25, 0.3) is 0 Å².